The van der Waals surface area contributed by atoms with Gasteiger partial charge in [-0.1, -0.05) is 12.1 Å². The number of benzene rings is 1. The highest BCUT2D eigenvalue weighted by atomic mass is 16.2. The Kier molecular flexibility index (Phi) is 4.51. The molecule has 0 fully saturated rings. The van der Waals surface area contributed by atoms with E-state index in [2.05, 4.69) is 26.1 Å². The molecule has 1 aliphatic heterocycles. The van der Waals surface area contributed by atoms with Gasteiger partial charge in [0, 0.05) is 6.42 Å². The summed E-state index contributed by atoms with van der Waals surface area (Å²) in [5.74, 6) is -0.904. The Morgan fingerprint density at radius 2 is 2.00 bits per heavy atom. The summed E-state index contributed by atoms with van der Waals surface area (Å²) < 4.78 is 0. The van der Waals surface area contributed by atoms with Gasteiger partial charge in [0.1, 0.15) is 6.04 Å². The molecule has 1 aliphatic rings. The normalized spacial score (nSPS) is 16.5. The Bertz CT molecular complexity index is 823. The van der Waals surface area contributed by atoms with Crippen LogP contribution in [-0.2, 0) is 9.59 Å². The van der Waals surface area contributed by atoms with E-state index >= 15 is 0 Å². The number of rotatable bonds is 4. The number of aryl methyl sites for hydroxylation is 2. The van der Waals surface area contributed by atoms with Gasteiger partial charge >= 0.3 is 0 Å². The van der Waals surface area contributed by atoms with Crippen LogP contribution in [0, 0.1) is 13.8 Å². The van der Waals surface area contributed by atoms with E-state index in [1.54, 1.807) is 31.2 Å². The highest BCUT2D eigenvalue weighted by Crippen LogP contribution is 2.20. The number of nitrogens with zero attached hydrogens (tertiary/aromatic N) is 1. The van der Waals surface area contributed by atoms with Crippen molar-refractivity contribution < 1.29 is 14.4 Å². The van der Waals surface area contributed by atoms with Crippen molar-refractivity contribution in [3.63, 3.8) is 0 Å². The number of para-hydroxylation sites is 1. The number of hydrogen-bond donors (Lipinski definition) is 4. The molecular weight excluding hydrogens is 322 g/mol. The Balaban J connectivity index is 1.63. The van der Waals surface area contributed by atoms with Gasteiger partial charge in [0.25, 0.3) is 5.91 Å². The lowest BCUT2D eigenvalue weighted by atomic mass is 10.1. The third kappa shape index (κ3) is 3.52. The molecule has 2 heterocycles. The first-order valence-electron chi connectivity index (χ1n) is 7.98. The molecule has 0 bridgehead atoms. The summed E-state index contributed by atoms with van der Waals surface area (Å²) in [4.78, 5) is 36.7. The molecule has 25 heavy (non-hydrogen) atoms. The number of anilines is 2. The molecule has 4 N–H and O–H groups in total. The lowest BCUT2D eigenvalue weighted by Crippen LogP contribution is -2.41. The zero-order chi connectivity index (χ0) is 18.0. The van der Waals surface area contributed by atoms with Crippen LogP contribution >= 0.6 is 0 Å². The van der Waals surface area contributed by atoms with Crippen LogP contribution in [0.25, 0.3) is 0 Å². The zero-order valence-electron chi connectivity index (χ0n) is 14.0. The first kappa shape index (κ1) is 16.7. The second kappa shape index (κ2) is 6.76. The monoisotopic (exact) mass is 341 g/mol. The number of aromatic amines is 1. The van der Waals surface area contributed by atoms with Gasteiger partial charge in [0.15, 0.2) is 0 Å². The molecule has 2 aromatic rings. The molecule has 0 saturated carbocycles. The molecule has 3 rings (SSSR count). The average molecular weight is 341 g/mol. The summed E-state index contributed by atoms with van der Waals surface area (Å²) in [6, 6.07) is 6.03. The highest BCUT2D eigenvalue weighted by Gasteiger charge is 2.28. The molecule has 1 atom stereocenters. The van der Waals surface area contributed by atoms with E-state index in [1.165, 1.54) is 0 Å². The van der Waals surface area contributed by atoms with Crippen molar-refractivity contribution >= 4 is 29.1 Å². The number of aromatic nitrogens is 2. The van der Waals surface area contributed by atoms with Crippen LogP contribution in [0.15, 0.2) is 24.3 Å². The van der Waals surface area contributed by atoms with Crippen LogP contribution in [0.2, 0.25) is 0 Å². The molecule has 130 valence electrons. The summed E-state index contributed by atoms with van der Waals surface area (Å²) >= 11 is 0. The first-order valence-corrected chi connectivity index (χ1v) is 7.98. The SMILES string of the molecule is Cc1n[nH]c(C)c1NC(=O)CC[C@H]1NC(=O)c2ccccc2NC1=O. The molecule has 0 unspecified atom stereocenters. The summed E-state index contributed by atoms with van der Waals surface area (Å²) in [5.41, 5.74) is 2.99. The lowest BCUT2D eigenvalue weighted by molar-refractivity contribution is -0.118. The van der Waals surface area contributed by atoms with Crippen molar-refractivity contribution in [3.8, 4) is 0 Å². The fraction of sp³-hybridized carbons (Fsp3) is 0.294. The van der Waals surface area contributed by atoms with Crippen molar-refractivity contribution in [1.82, 2.24) is 15.5 Å². The van der Waals surface area contributed by atoms with Crippen LogP contribution in [-0.4, -0.2) is 34.0 Å². The van der Waals surface area contributed by atoms with E-state index in [9.17, 15) is 14.4 Å². The van der Waals surface area contributed by atoms with Gasteiger partial charge in [-0.05, 0) is 32.4 Å². The van der Waals surface area contributed by atoms with E-state index in [0.717, 1.165) is 5.69 Å². The van der Waals surface area contributed by atoms with Gasteiger partial charge in [0.05, 0.1) is 28.3 Å². The predicted octanol–water partition coefficient (Wildman–Crippen LogP) is 1.50. The maximum atomic E-state index is 12.3. The van der Waals surface area contributed by atoms with Gasteiger partial charge in [-0.25, -0.2) is 0 Å². The van der Waals surface area contributed by atoms with Gasteiger partial charge < -0.3 is 16.0 Å². The highest BCUT2D eigenvalue weighted by molar-refractivity contribution is 6.10. The topological polar surface area (TPSA) is 116 Å². The molecule has 8 heteroatoms. The van der Waals surface area contributed by atoms with Crippen LogP contribution < -0.4 is 16.0 Å². The van der Waals surface area contributed by atoms with Gasteiger partial charge in [-0.3, -0.25) is 19.5 Å². The Morgan fingerprint density at radius 1 is 1.24 bits per heavy atom. The van der Waals surface area contributed by atoms with Crippen LogP contribution in [0.4, 0.5) is 11.4 Å². The zero-order valence-corrected chi connectivity index (χ0v) is 14.0. The van der Waals surface area contributed by atoms with E-state index < -0.39 is 6.04 Å². The average Bonchev–Trinajstić information content (AvgIpc) is 2.83. The number of nitrogens with one attached hydrogen (secondary N) is 4. The Morgan fingerprint density at radius 3 is 2.72 bits per heavy atom. The Hall–Kier alpha value is -3.16. The first-order chi connectivity index (χ1) is 12.0. The maximum Gasteiger partial charge on any atom is 0.254 e. The summed E-state index contributed by atoms with van der Waals surface area (Å²) in [6.07, 6.45) is 0.298. The number of amides is 3. The summed E-state index contributed by atoms with van der Waals surface area (Å²) in [7, 11) is 0. The van der Waals surface area contributed by atoms with E-state index in [4.69, 9.17) is 0 Å². The van der Waals surface area contributed by atoms with Crippen molar-refractivity contribution in [2.24, 2.45) is 0 Å². The third-order valence-electron chi connectivity index (χ3n) is 4.10. The number of carbonyl (C=O) groups excluding carboxylic acids is 3. The largest absolute Gasteiger partial charge is 0.340 e. The minimum Gasteiger partial charge on any atom is -0.340 e. The summed E-state index contributed by atoms with van der Waals surface area (Å²) in [6.45, 7) is 3.60. The minimum atomic E-state index is -0.766. The van der Waals surface area contributed by atoms with Crippen LogP contribution in [0.3, 0.4) is 0 Å². The van der Waals surface area contributed by atoms with Crippen molar-refractivity contribution in [2.45, 2.75) is 32.7 Å². The van der Waals surface area contributed by atoms with Crippen molar-refractivity contribution in [3.05, 3.63) is 41.2 Å². The predicted molar refractivity (Wildman–Crippen MR) is 92.3 cm³/mol. The Labute approximate surface area is 144 Å². The number of fused-ring (bicyclic) bond motifs is 1. The van der Waals surface area contributed by atoms with Gasteiger partial charge in [0.2, 0.25) is 11.8 Å². The summed E-state index contributed by atoms with van der Waals surface area (Å²) in [5, 5.41) is 15.0. The second-order valence-electron chi connectivity index (χ2n) is 5.96. The number of H-pyrrole nitrogens is 1. The number of carbonyl (C=O) groups is 3. The van der Waals surface area contributed by atoms with Gasteiger partial charge in [-0.15, -0.1) is 0 Å². The molecule has 0 saturated heterocycles. The molecule has 0 spiro atoms. The van der Waals surface area contributed by atoms with E-state index in [-0.39, 0.29) is 30.6 Å². The fourth-order valence-corrected chi connectivity index (χ4v) is 2.73. The van der Waals surface area contributed by atoms with Crippen molar-refractivity contribution in [2.75, 3.05) is 10.6 Å². The number of hydrogen-bond acceptors (Lipinski definition) is 4. The molecule has 0 aliphatic carbocycles. The standard InChI is InChI=1S/C17H19N5O3/c1-9-15(10(2)22-21-9)20-14(23)8-7-13-17(25)18-12-6-4-3-5-11(12)16(24)19-13/h3-6,13H,7-8H2,1-2H3,(H,18,25)(H,19,24)(H,20,23)(H,21,22)/t13-/m1/s1. The van der Waals surface area contributed by atoms with Crippen molar-refractivity contribution in [1.29, 1.82) is 0 Å². The lowest BCUT2D eigenvalue weighted by Gasteiger charge is -2.14. The molecule has 1 aromatic heterocycles. The third-order valence-corrected chi connectivity index (χ3v) is 4.10. The van der Waals surface area contributed by atoms with Crippen LogP contribution in [0.5, 0.6) is 0 Å². The van der Waals surface area contributed by atoms with E-state index in [1.807, 2.05) is 6.92 Å². The fourth-order valence-electron chi connectivity index (χ4n) is 2.73. The quantitative estimate of drug-likeness (QED) is 0.674. The van der Waals surface area contributed by atoms with E-state index in [0.29, 0.717) is 22.6 Å². The molecular formula is C17H19N5O3. The molecule has 1 aromatic carbocycles. The maximum absolute atomic E-state index is 12.3. The van der Waals surface area contributed by atoms with Crippen LogP contribution in [0.1, 0.15) is 34.6 Å². The molecule has 8 nitrogen and oxygen atoms in total. The smallest absolute Gasteiger partial charge is 0.254 e. The molecule has 0 radical (unpaired) electrons. The minimum absolute atomic E-state index is 0.0960. The molecule has 3 amide bonds. The van der Waals surface area contributed by atoms with Gasteiger partial charge in [-0.2, -0.15) is 5.10 Å². The second-order valence-corrected chi connectivity index (χ2v) is 5.96.